The number of carbonyl (C=O) groups excluding carboxylic acids is 1. The van der Waals surface area contributed by atoms with Gasteiger partial charge in [-0.1, -0.05) is 6.07 Å². The molecule has 0 fully saturated rings. The third-order valence-electron chi connectivity index (χ3n) is 2.68. The molecule has 0 amide bonds. The zero-order valence-electron chi connectivity index (χ0n) is 10.3. The first-order valence-electron chi connectivity index (χ1n) is 5.74. The molecule has 0 aliphatic heterocycles. The van der Waals surface area contributed by atoms with Gasteiger partial charge in [0.15, 0.2) is 5.78 Å². The summed E-state index contributed by atoms with van der Waals surface area (Å²) >= 11 is 1.31. The average Bonchev–Trinajstić information content (AvgIpc) is 2.40. The van der Waals surface area contributed by atoms with Crippen LogP contribution in [-0.4, -0.2) is 11.5 Å². The number of aryl methyl sites for hydroxylation is 1. The zero-order chi connectivity index (χ0) is 13.8. The summed E-state index contributed by atoms with van der Waals surface area (Å²) in [6, 6.07) is 10.1. The van der Waals surface area contributed by atoms with Crippen molar-refractivity contribution in [2.45, 2.75) is 11.8 Å². The normalized spacial score (nSPS) is 10.5. The van der Waals surface area contributed by atoms with Gasteiger partial charge in [-0.25, -0.2) is 8.78 Å². The summed E-state index contributed by atoms with van der Waals surface area (Å²) in [5, 5.41) is 0. The lowest BCUT2D eigenvalue weighted by Crippen LogP contribution is -2.05. The van der Waals surface area contributed by atoms with Crippen LogP contribution >= 0.6 is 11.8 Å². The van der Waals surface area contributed by atoms with Crippen LogP contribution in [-0.2, 0) is 0 Å². The lowest BCUT2D eigenvalue weighted by Gasteiger charge is -2.05. The number of ketones is 1. The molecule has 2 aromatic rings. The molecule has 2 rings (SSSR count). The van der Waals surface area contributed by atoms with Gasteiger partial charge in [0.2, 0.25) is 0 Å². The number of Topliss-reactive ketones (excluding diaryl/α,β-unsaturated/α-hetero) is 1. The highest BCUT2D eigenvalue weighted by molar-refractivity contribution is 8.00. The van der Waals surface area contributed by atoms with Crippen LogP contribution in [0.4, 0.5) is 8.78 Å². The second-order valence-corrected chi connectivity index (χ2v) is 5.17. The highest BCUT2D eigenvalue weighted by Gasteiger charge is 2.10. The van der Waals surface area contributed by atoms with Crippen molar-refractivity contribution in [3.8, 4) is 0 Å². The summed E-state index contributed by atoms with van der Waals surface area (Å²) in [4.78, 5) is 12.8. The predicted molar refractivity (Wildman–Crippen MR) is 72.6 cm³/mol. The fourth-order valence-corrected chi connectivity index (χ4v) is 2.43. The molecule has 0 aliphatic carbocycles. The monoisotopic (exact) mass is 278 g/mol. The Morgan fingerprint density at radius 3 is 2.37 bits per heavy atom. The number of carbonyl (C=O) groups is 1. The Labute approximate surface area is 114 Å². The van der Waals surface area contributed by atoms with Gasteiger partial charge < -0.3 is 0 Å². The summed E-state index contributed by atoms with van der Waals surface area (Å²) in [5.74, 6) is -0.653. The highest BCUT2D eigenvalue weighted by atomic mass is 32.2. The molecule has 1 nitrogen and oxygen atoms in total. The molecule has 0 bridgehead atoms. The first-order chi connectivity index (χ1) is 9.06. The molecule has 4 heteroatoms. The second-order valence-electron chi connectivity index (χ2n) is 4.13. The Balaban J connectivity index is 2.05. The largest absolute Gasteiger partial charge is 0.293 e. The van der Waals surface area contributed by atoms with Crippen molar-refractivity contribution in [1.29, 1.82) is 0 Å². The van der Waals surface area contributed by atoms with Crippen LogP contribution in [0.1, 0.15) is 15.9 Å². The summed E-state index contributed by atoms with van der Waals surface area (Å²) < 4.78 is 25.8. The number of hydrogen-bond acceptors (Lipinski definition) is 2. The highest BCUT2D eigenvalue weighted by Crippen LogP contribution is 2.20. The van der Waals surface area contributed by atoms with Crippen LogP contribution in [0.25, 0.3) is 0 Å². The molecule has 2 aromatic carbocycles. The van der Waals surface area contributed by atoms with Crippen LogP contribution < -0.4 is 0 Å². The minimum atomic E-state index is -0.416. The van der Waals surface area contributed by atoms with Gasteiger partial charge in [0.05, 0.1) is 5.75 Å². The summed E-state index contributed by atoms with van der Waals surface area (Å²) in [6.45, 7) is 1.77. The van der Waals surface area contributed by atoms with E-state index >= 15 is 0 Å². The van der Waals surface area contributed by atoms with E-state index in [1.165, 1.54) is 36.0 Å². The number of benzene rings is 2. The molecule has 0 radical (unpaired) electrons. The summed E-state index contributed by atoms with van der Waals surface area (Å²) in [6.07, 6.45) is 0. The first-order valence-corrected chi connectivity index (χ1v) is 6.72. The quantitative estimate of drug-likeness (QED) is 0.614. The molecule has 0 heterocycles. The fraction of sp³-hybridized carbons (Fsp3) is 0.133. The molecule has 0 N–H and O–H groups in total. The van der Waals surface area contributed by atoms with E-state index in [1.54, 1.807) is 25.1 Å². The van der Waals surface area contributed by atoms with Gasteiger partial charge in [-0.2, -0.15) is 0 Å². The maximum atomic E-state index is 13.1. The van der Waals surface area contributed by atoms with E-state index < -0.39 is 5.82 Å². The Morgan fingerprint density at radius 2 is 1.68 bits per heavy atom. The van der Waals surface area contributed by atoms with E-state index in [1.807, 2.05) is 0 Å². The molecule has 19 heavy (non-hydrogen) atoms. The van der Waals surface area contributed by atoms with Gasteiger partial charge in [-0.05, 0) is 48.9 Å². The van der Waals surface area contributed by atoms with Crippen molar-refractivity contribution < 1.29 is 13.6 Å². The SMILES string of the molecule is Cc1ccc(F)cc1C(=O)CSc1ccc(F)cc1. The maximum Gasteiger partial charge on any atom is 0.173 e. The number of halogens is 2. The van der Waals surface area contributed by atoms with Crippen molar-refractivity contribution in [2.75, 3.05) is 5.75 Å². The third-order valence-corrected chi connectivity index (χ3v) is 3.70. The van der Waals surface area contributed by atoms with Gasteiger partial charge in [-0.3, -0.25) is 4.79 Å². The average molecular weight is 278 g/mol. The smallest absolute Gasteiger partial charge is 0.173 e. The molecule has 98 valence electrons. The molecule has 0 saturated heterocycles. The van der Waals surface area contributed by atoms with E-state index in [0.717, 1.165) is 10.5 Å². The standard InChI is InChI=1S/C15H12F2OS/c1-10-2-3-12(17)8-14(10)15(18)9-19-13-6-4-11(16)5-7-13/h2-8H,9H2,1H3. The van der Waals surface area contributed by atoms with Crippen LogP contribution in [0.2, 0.25) is 0 Å². The number of hydrogen-bond donors (Lipinski definition) is 0. The minimum Gasteiger partial charge on any atom is -0.293 e. The van der Waals surface area contributed by atoms with Crippen molar-refractivity contribution in [3.63, 3.8) is 0 Å². The van der Waals surface area contributed by atoms with Crippen LogP contribution in [0.3, 0.4) is 0 Å². The minimum absolute atomic E-state index is 0.133. The fourth-order valence-electron chi connectivity index (χ4n) is 1.65. The molecule has 0 spiro atoms. The van der Waals surface area contributed by atoms with Crippen molar-refractivity contribution >= 4 is 17.5 Å². The van der Waals surface area contributed by atoms with Crippen molar-refractivity contribution in [3.05, 3.63) is 65.2 Å². The maximum absolute atomic E-state index is 13.1. The van der Waals surface area contributed by atoms with E-state index in [4.69, 9.17) is 0 Å². The molecule has 0 atom stereocenters. The van der Waals surface area contributed by atoms with Crippen LogP contribution in [0, 0.1) is 18.6 Å². The predicted octanol–water partition coefficient (Wildman–Crippen LogP) is 4.25. The van der Waals surface area contributed by atoms with Gasteiger partial charge in [0.25, 0.3) is 0 Å². The zero-order valence-corrected chi connectivity index (χ0v) is 11.1. The molecular weight excluding hydrogens is 266 g/mol. The van der Waals surface area contributed by atoms with E-state index in [9.17, 15) is 13.6 Å². The van der Waals surface area contributed by atoms with Crippen molar-refractivity contribution in [1.82, 2.24) is 0 Å². The Hall–Kier alpha value is -1.68. The number of thioether (sulfide) groups is 1. The van der Waals surface area contributed by atoms with E-state index in [2.05, 4.69) is 0 Å². The topological polar surface area (TPSA) is 17.1 Å². The Kier molecular flexibility index (Phi) is 4.32. The van der Waals surface area contributed by atoms with Crippen LogP contribution in [0.15, 0.2) is 47.4 Å². The molecule has 0 aromatic heterocycles. The Morgan fingerprint density at radius 1 is 1.05 bits per heavy atom. The summed E-state index contributed by atoms with van der Waals surface area (Å²) in [7, 11) is 0. The van der Waals surface area contributed by atoms with Gasteiger partial charge in [0, 0.05) is 10.5 Å². The molecule has 0 saturated carbocycles. The lowest BCUT2D eigenvalue weighted by molar-refractivity contribution is 0.102. The van der Waals surface area contributed by atoms with E-state index in [0.29, 0.717) is 5.56 Å². The van der Waals surface area contributed by atoms with Crippen LogP contribution in [0.5, 0.6) is 0 Å². The second kappa shape index (κ2) is 5.97. The third kappa shape index (κ3) is 3.64. The Bertz CT molecular complexity index is 594. The molecule has 0 aliphatic rings. The van der Waals surface area contributed by atoms with E-state index in [-0.39, 0.29) is 17.4 Å². The first kappa shape index (κ1) is 13.7. The number of rotatable bonds is 4. The van der Waals surface area contributed by atoms with Gasteiger partial charge >= 0.3 is 0 Å². The van der Waals surface area contributed by atoms with Gasteiger partial charge in [-0.15, -0.1) is 11.8 Å². The van der Waals surface area contributed by atoms with Crippen molar-refractivity contribution in [2.24, 2.45) is 0 Å². The van der Waals surface area contributed by atoms with Gasteiger partial charge in [0.1, 0.15) is 11.6 Å². The molecule has 0 unspecified atom stereocenters. The summed E-state index contributed by atoms with van der Waals surface area (Å²) in [5.41, 5.74) is 1.15. The molecular formula is C15H12F2OS. The lowest BCUT2D eigenvalue weighted by atomic mass is 10.1.